The van der Waals surface area contributed by atoms with Crippen molar-refractivity contribution < 1.29 is 38.1 Å². The highest BCUT2D eigenvalue weighted by molar-refractivity contribution is 5.95. The summed E-state index contributed by atoms with van der Waals surface area (Å²) < 4.78 is 27.4. The van der Waals surface area contributed by atoms with Gasteiger partial charge in [-0.25, -0.2) is 4.79 Å². The second-order valence-electron chi connectivity index (χ2n) is 8.36. The molecule has 8 nitrogen and oxygen atoms in total. The number of furan rings is 1. The number of aldehydes is 1. The molecule has 0 bridgehead atoms. The van der Waals surface area contributed by atoms with Crippen LogP contribution in [0, 0.1) is 0 Å². The minimum atomic E-state index is -0.646. The summed E-state index contributed by atoms with van der Waals surface area (Å²) in [5.74, 6) is 0.207. The third-order valence-corrected chi connectivity index (χ3v) is 6.27. The number of carbonyl (C=O) groups excluding carboxylic acids is 2. The molecule has 0 spiro atoms. The van der Waals surface area contributed by atoms with E-state index in [9.17, 15) is 14.7 Å². The minimum absolute atomic E-state index is 0.132. The fraction of sp³-hybridized carbons (Fsp3) is 0.241. The van der Waals surface area contributed by atoms with Crippen LogP contribution in [0.25, 0.3) is 12.2 Å². The van der Waals surface area contributed by atoms with Gasteiger partial charge in [0.15, 0.2) is 29.0 Å². The van der Waals surface area contributed by atoms with Crippen molar-refractivity contribution in [2.24, 2.45) is 0 Å². The predicted molar refractivity (Wildman–Crippen MR) is 137 cm³/mol. The Balaban J connectivity index is 1.95. The molecule has 0 amide bonds. The monoisotopic (exact) mass is 504 g/mol. The van der Waals surface area contributed by atoms with E-state index in [1.165, 1.54) is 14.2 Å². The molecule has 1 aliphatic rings. The first-order valence-corrected chi connectivity index (χ1v) is 11.6. The van der Waals surface area contributed by atoms with Gasteiger partial charge in [-0.05, 0) is 67.0 Å². The minimum Gasteiger partial charge on any atom is -0.504 e. The SMILES string of the molecule is CCOC(=O)C1=C(C)C=c2oc(=Cc3cc(OC)c(OC)cc3C=O)c(O)c2C1c1ccc(OC)cc1. The van der Waals surface area contributed by atoms with Gasteiger partial charge in [-0.3, -0.25) is 4.79 Å². The zero-order chi connectivity index (χ0) is 26.7. The van der Waals surface area contributed by atoms with Crippen molar-refractivity contribution >= 4 is 24.4 Å². The molecule has 2 aromatic carbocycles. The van der Waals surface area contributed by atoms with Gasteiger partial charge in [-0.1, -0.05) is 12.1 Å². The van der Waals surface area contributed by atoms with E-state index in [-0.39, 0.29) is 17.8 Å². The summed E-state index contributed by atoms with van der Waals surface area (Å²) in [5, 5.41) is 11.4. The number of hydrogen-bond donors (Lipinski definition) is 1. The van der Waals surface area contributed by atoms with E-state index in [0.29, 0.717) is 56.8 Å². The maximum Gasteiger partial charge on any atom is 0.335 e. The molecule has 0 saturated heterocycles. The normalized spacial score (nSPS) is 15.1. The molecular weight excluding hydrogens is 476 g/mol. The maximum absolute atomic E-state index is 13.0. The highest BCUT2D eigenvalue weighted by Crippen LogP contribution is 2.39. The van der Waals surface area contributed by atoms with Gasteiger partial charge in [0, 0.05) is 11.5 Å². The zero-order valence-corrected chi connectivity index (χ0v) is 21.3. The van der Waals surface area contributed by atoms with E-state index < -0.39 is 11.9 Å². The van der Waals surface area contributed by atoms with Crippen LogP contribution in [0.3, 0.4) is 0 Å². The van der Waals surface area contributed by atoms with E-state index in [1.807, 2.05) is 12.1 Å². The zero-order valence-electron chi connectivity index (χ0n) is 21.3. The van der Waals surface area contributed by atoms with Crippen molar-refractivity contribution in [3.63, 3.8) is 0 Å². The molecule has 1 unspecified atom stereocenters. The Morgan fingerprint density at radius 1 is 1.03 bits per heavy atom. The lowest BCUT2D eigenvalue weighted by atomic mass is 9.80. The lowest BCUT2D eigenvalue weighted by Crippen LogP contribution is -2.24. The molecule has 37 heavy (non-hydrogen) atoms. The fourth-order valence-corrected chi connectivity index (χ4v) is 4.50. The topological polar surface area (TPSA) is 104 Å². The number of esters is 1. The van der Waals surface area contributed by atoms with E-state index in [4.69, 9.17) is 23.4 Å². The molecule has 1 aromatic heterocycles. The number of aromatic hydroxyl groups is 1. The third kappa shape index (κ3) is 4.70. The fourth-order valence-electron chi connectivity index (χ4n) is 4.50. The Morgan fingerprint density at radius 3 is 2.24 bits per heavy atom. The van der Waals surface area contributed by atoms with Crippen LogP contribution in [0.5, 0.6) is 23.0 Å². The predicted octanol–water partition coefficient (Wildman–Crippen LogP) is 3.46. The molecule has 1 atom stereocenters. The summed E-state index contributed by atoms with van der Waals surface area (Å²) in [6.45, 7) is 3.75. The molecule has 0 aliphatic heterocycles. The van der Waals surface area contributed by atoms with E-state index in [2.05, 4.69) is 0 Å². The number of fused-ring (bicyclic) bond motifs is 1. The van der Waals surface area contributed by atoms with Crippen molar-refractivity contribution in [2.75, 3.05) is 27.9 Å². The molecule has 0 fully saturated rings. The summed E-state index contributed by atoms with van der Waals surface area (Å²) in [6.07, 6.45) is 3.94. The average Bonchev–Trinajstić information content (AvgIpc) is 3.21. The molecule has 3 aromatic rings. The van der Waals surface area contributed by atoms with Gasteiger partial charge in [-0.15, -0.1) is 0 Å². The van der Waals surface area contributed by atoms with Crippen molar-refractivity contribution in [3.8, 4) is 23.0 Å². The summed E-state index contributed by atoms with van der Waals surface area (Å²) >= 11 is 0. The molecule has 4 rings (SSSR count). The van der Waals surface area contributed by atoms with Crippen LogP contribution in [-0.4, -0.2) is 45.3 Å². The third-order valence-electron chi connectivity index (χ3n) is 6.27. The highest BCUT2D eigenvalue weighted by atomic mass is 16.5. The number of allylic oxidation sites excluding steroid dienone is 1. The van der Waals surface area contributed by atoms with Gasteiger partial charge in [0.05, 0.1) is 39.1 Å². The molecule has 192 valence electrons. The Hall–Kier alpha value is -4.46. The first kappa shape index (κ1) is 25.6. The molecule has 0 saturated carbocycles. The van der Waals surface area contributed by atoms with E-state index in [1.54, 1.807) is 57.4 Å². The van der Waals surface area contributed by atoms with E-state index in [0.717, 1.165) is 5.56 Å². The average molecular weight is 505 g/mol. The lowest BCUT2D eigenvalue weighted by molar-refractivity contribution is -0.138. The number of benzene rings is 2. The van der Waals surface area contributed by atoms with Gasteiger partial charge in [-0.2, -0.15) is 0 Å². The Morgan fingerprint density at radius 2 is 1.68 bits per heavy atom. The second kappa shape index (κ2) is 10.7. The lowest BCUT2D eigenvalue weighted by Gasteiger charge is -2.23. The second-order valence-corrected chi connectivity index (χ2v) is 8.36. The standard InChI is InChI=1S/C29H28O8/c1-6-36-29(32)25-16(2)11-23-27(26(25)17-7-9-20(33-3)10-8-17)28(31)24(37-23)13-18-12-21(34-4)22(35-5)14-19(18)15-30/h7-15,26,31H,6H2,1-5H3. The maximum atomic E-state index is 13.0. The molecular formula is C29H28O8. The number of methoxy groups -OCH3 is 3. The van der Waals surface area contributed by atoms with Crippen LogP contribution < -0.4 is 25.0 Å². The van der Waals surface area contributed by atoms with Crippen molar-refractivity contribution in [1.29, 1.82) is 0 Å². The van der Waals surface area contributed by atoms with Crippen molar-refractivity contribution in [3.05, 3.63) is 80.6 Å². The van der Waals surface area contributed by atoms with Crippen LogP contribution in [0.2, 0.25) is 0 Å². The van der Waals surface area contributed by atoms with Gasteiger partial charge in [0.2, 0.25) is 0 Å². The first-order valence-electron chi connectivity index (χ1n) is 11.6. The number of ether oxygens (including phenoxy) is 4. The smallest absolute Gasteiger partial charge is 0.335 e. The van der Waals surface area contributed by atoms with Crippen molar-refractivity contribution in [1.82, 2.24) is 0 Å². The molecule has 1 aliphatic carbocycles. The summed E-state index contributed by atoms with van der Waals surface area (Å²) in [5.41, 5.74) is 3.57. The molecule has 0 radical (unpaired) electrons. The summed E-state index contributed by atoms with van der Waals surface area (Å²) in [6, 6.07) is 10.4. The number of carbonyl (C=O) groups is 2. The largest absolute Gasteiger partial charge is 0.504 e. The molecule has 8 heteroatoms. The van der Waals surface area contributed by atoms with Crippen LogP contribution >= 0.6 is 0 Å². The van der Waals surface area contributed by atoms with Crippen LogP contribution in [0.4, 0.5) is 0 Å². The Bertz CT molecular complexity index is 1490. The van der Waals surface area contributed by atoms with Gasteiger partial charge >= 0.3 is 5.97 Å². The first-order chi connectivity index (χ1) is 17.9. The Kier molecular flexibility index (Phi) is 7.38. The summed E-state index contributed by atoms with van der Waals surface area (Å²) in [4.78, 5) is 24.8. The molecule has 1 heterocycles. The molecule has 1 N–H and O–H groups in total. The number of hydrogen-bond acceptors (Lipinski definition) is 8. The summed E-state index contributed by atoms with van der Waals surface area (Å²) in [7, 11) is 4.54. The highest BCUT2D eigenvalue weighted by Gasteiger charge is 2.35. The van der Waals surface area contributed by atoms with Crippen LogP contribution in [0.1, 0.15) is 46.8 Å². The van der Waals surface area contributed by atoms with Gasteiger partial charge in [0.25, 0.3) is 0 Å². The number of rotatable bonds is 8. The Labute approximate surface area is 214 Å². The quantitative estimate of drug-likeness (QED) is 0.368. The van der Waals surface area contributed by atoms with Crippen LogP contribution in [-0.2, 0) is 9.53 Å². The van der Waals surface area contributed by atoms with Gasteiger partial charge in [0.1, 0.15) is 11.2 Å². The van der Waals surface area contributed by atoms with Crippen LogP contribution in [0.15, 0.2) is 52.0 Å². The van der Waals surface area contributed by atoms with Crippen molar-refractivity contribution in [2.45, 2.75) is 19.8 Å². The van der Waals surface area contributed by atoms with E-state index >= 15 is 0 Å². The van der Waals surface area contributed by atoms with Gasteiger partial charge < -0.3 is 28.5 Å².